The molecule has 1 aliphatic carbocycles. The van der Waals surface area contributed by atoms with Crippen molar-refractivity contribution >= 4 is 0 Å². The quantitative estimate of drug-likeness (QED) is 0.725. The maximum atomic E-state index is 10.1. The number of hydrogen-bond donors (Lipinski definition) is 1. The predicted octanol–water partition coefficient (Wildman–Crippen LogP) is 2.23. The predicted molar refractivity (Wildman–Crippen MR) is 51.2 cm³/mol. The van der Waals surface area contributed by atoms with E-state index in [1.54, 1.807) is 0 Å². The smallest absolute Gasteiger partial charge is 0.121 e. The Morgan fingerprint density at radius 1 is 1.62 bits per heavy atom. The van der Waals surface area contributed by atoms with Gasteiger partial charge in [-0.25, -0.2) is 0 Å². The zero-order chi connectivity index (χ0) is 9.31. The maximum Gasteiger partial charge on any atom is 0.121 e. The number of allylic oxidation sites excluding steroid dienone is 1. The van der Waals surface area contributed by atoms with Gasteiger partial charge in [-0.1, -0.05) is 6.92 Å². The van der Waals surface area contributed by atoms with E-state index in [4.69, 9.17) is 4.74 Å². The van der Waals surface area contributed by atoms with Gasteiger partial charge in [0.25, 0.3) is 0 Å². The summed E-state index contributed by atoms with van der Waals surface area (Å²) in [5.74, 6) is 0.839. The fourth-order valence-corrected chi connectivity index (χ4v) is 2.05. The summed E-state index contributed by atoms with van der Waals surface area (Å²) in [6.45, 7) is 2.93. The SMILES string of the molecule is CCC1(C(O)C2=CCCCO2)CC1. The molecule has 2 nitrogen and oxygen atoms in total. The molecule has 0 amide bonds. The molecule has 0 radical (unpaired) electrons. The molecule has 0 spiro atoms. The Bertz CT molecular complexity index is 216. The highest BCUT2D eigenvalue weighted by Gasteiger charge is 2.49. The van der Waals surface area contributed by atoms with E-state index in [9.17, 15) is 5.11 Å². The van der Waals surface area contributed by atoms with E-state index < -0.39 is 0 Å². The van der Waals surface area contributed by atoms with E-state index in [-0.39, 0.29) is 11.5 Å². The van der Waals surface area contributed by atoms with Gasteiger partial charge >= 0.3 is 0 Å². The van der Waals surface area contributed by atoms with Crippen LogP contribution in [-0.4, -0.2) is 17.8 Å². The number of aliphatic hydroxyl groups is 1. The summed E-state index contributed by atoms with van der Waals surface area (Å²) in [4.78, 5) is 0. The van der Waals surface area contributed by atoms with Gasteiger partial charge in [0, 0.05) is 5.41 Å². The van der Waals surface area contributed by atoms with E-state index in [0.29, 0.717) is 0 Å². The molecule has 0 aromatic carbocycles. The summed E-state index contributed by atoms with van der Waals surface area (Å²) in [7, 11) is 0. The van der Waals surface area contributed by atoms with Crippen LogP contribution in [0.3, 0.4) is 0 Å². The molecular formula is C11H18O2. The van der Waals surface area contributed by atoms with Crippen LogP contribution in [0.4, 0.5) is 0 Å². The molecule has 13 heavy (non-hydrogen) atoms. The summed E-state index contributed by atoms with van der Waals surface area (Å²) < 4.78 is 5.48. The van der Waals surface area contributed by atoms with Crippen LogP contribution in [0.2, 0.25) is 0 Å². The fourth-order valence-electron chi connectivity index (χ4n) is 2.05. The largest absolute Gasteiger partial charge is 0.495 e. The highest BCUT2D eigenvalue weighted by molar-refractivity contribution is 5.13. The third-order valence-electron chi connectivity index (χ3n) is 3.41. The molecule has 1 unspecified atom stereocenters. The molecule has 0 aromatic heterocycles. The molecule has 1 N–H and O–H groups in total. The summed E-state index contributed by atoms with van der Waals surface area (Å²) in [6.07, 6.45) is 7.26. The minimum Gasteiger partial charge on any atom is -0.495 e. The third-order valence-corrected chi connectivity index (χ3v) is 3.41. The molecular weight excluding hydrogens is 164 g/mol. The molecule has 1 aliphatic heterocycles. The average molecular weight is 182 g/mol. The van der Waals surface area contributed by atoms with Gasteiger partial charge in [-0.05, 0) is 38.2 Å². The normalized spacial score (nSPS) is 27.4. The first kappa shape index (κ1) is 9.07. The van der Waals surface area contributed by atoms with Crippen molar-refractivity contribution in [3.8, 4) is 0 Å². The summed E-state index contributed by atoms with van der Waals surface area (Å²) in [5, 5.41) is 10.1. The number of aliphatic hydroxyl groups excluding tert-OH is 1. The molecule has 2 aliphatic rings. The third kappa shape index (κ3) is 1.60. The van der Waals surface area contributed by atoms with Gasteiger partial charge in [0.05, 0.1) is 6.61 Å². The van der Waals surface area contributed by atoms with Crippen molar-refractivity contribution in [2.75, 3.05) is 6.61 Å². The summed E-state index contributed by atoms with van der Waals surface area (Å²) >= 11 is 0. The molecule has 2 rings (SSSR count). The van der Waals surface area contributed by atoms with Crippen LogP contribution in [-0.2, 0) is 4.74 Å². The van der Waals surface area contributed by atoms with Crippen LogP contribution in [0.5, 0.6) is 0 Å². The van der Waals surface area contributed by atoms with Gasteiger partial charge in [0.2, 0.25) is 0 Å². The van der Waals surface area contributed by atoms with Crippen molar-refractivity contribution < 1.29 is 9.84 Å². The van der Waals surface area contributed by atoms with Crippen molar-refractivity contribution in [1.29, 1.82) is 0 Å². The Kier molecular flexibility index (Phi) is 2.33. The van der Waals surface area contributed by atoms with E-state index in [1.165, 1.54) is 0 Å². The highest BCUT2D eigenvalue weighted by Crippen LogP contribution is 2.53. The Morgan fingerprint density at radius 3 is 2.85 bits per heavy atom. The Balaban J connectivity index is 2.03. The molecule has 1 atom stereocenters. The minimum atomic E-state index is -0.335. The zero-order valence-electron chi connectivity index (χ0n) is 8.25. The topological polar surface area (TPSA) is 29.5 Å². The van der Waals surface area contributed by atoms with E-state index in [2.05, 4.69) is 13.0 Å². The number of rotatable bonds is 3. The lowest BCUT2D eigenvalue weighted by Crippen LogP contribution is -2.26. The van der Waals surface area contributed by atoms with Crippen molar-refractivity contribution in [3.63, 3.8) is 0 Å². The van der Waals surface area contributed by atoms with Crippen LogP contribution >= 0.6 is 0 Å². The first-order valence-electron chi connectivity index (χ1n) is 5.29. The maximum absolute atomic E-state index is 10.1. The van der Waals surface area contributed by atoms with Crippen LogP contribution < -0.4 is 0 Å². The highest BCUT2D eigenvalue weighted by atomic mass is 16.5. The average Bonchev–Trinajstić information content (AvgIpc) is 2.99. The molecule has 1 heterocycles. The van der Waals surface area contributed by atoms with Crippen LogP contribution in [0, 0.1) is 5.41 Å². The molecule has 2 heteroatoms. The zero-order valence-corrected chi connectivity index (χ0v) is 8.25. The number of ether oxygens (including phenoxy) is 1. The molecule has 1 fully saturated rings. The molecule has 0 aromatic rings. The molecule has 1 saturated carbocycles. The van der Waals surface area contributed by atoms with Crippen molar-refractivity contribution in [2.24, 2.45) is 5.41 Å². The first-order chi connectivity index (χ1) is 6.28. The van der Waals surface area contributed by atoms with Gasteiger partial charge in [-0.2, -0.15) is 0 Å². The number of hydrogen-bond acceptors (Lipinski definition) is 2. The van der Waals surface area contributed by atoms with E-state index in [0.717, 1.165) is 44.5 Å². The van der Waals surface area contributed by atoms with Gasteiger partial charge in [-0.3, -0.25) is 0 Å². The monoisotopic (exact) mass is 182 g/mol. The van der Waals surface area contributed by atoms with Crippen LogP contribution in [0.25, 0.3) is 0 Å². The second kappa shape index (κ2) is 3.33. The lowest BCUT2D eigenvalue weighted by molar-refractivity contribution is 0.0438. The Morgan fingerprint density at radius 2 is 2.38 bits per heavy atom. The Labute approximate surface area is 79.6 Å². The minimum absolute atomic E-state index is 0.170. The van der Waals surface area contributed by atoms with Crippen molar-refractivity contribution in [2.45, 2.75) is 45.1 Å². The van der Waals surface area contributed by atoms with E-state index in [1.807, 2.05) is 0 Å². The van der Waals surface area contributed by atoms with Gasteiger partial charge in [-0.15, -0.1) is 0 Å². The van der Waals surface area contributed by atoms with Crippen LogP contribution in [0.15, 0.2) is 11.8 Å². The van der Waals surface area contributed by atoms with Crippen LogP contribution in [0.1, 0.15) is 39.0 Å². The lowest BCUT2D eigenvalue weighted by Gasteiger charge is -2.25. The standard InChI is InChI=1S/C11H18O2/c1-2-11(6-7-11)10(12)9-5-3-4-8-13-9/h5,10,12H,2-4,6-8H2,1H3. The molecule has 0 bridgehead atoms. The second-order valence-electron chi connectivity index (χ2n) is 4.22. The summed E-state index contributed by atoms with van der Waals surface area (Å²) in [6, 6.07) is 0. The first-order valence-corrected chi connectivity index (χ1v) is 5.29. The van der Waals surface area contributed by atoms with Crippen molar-refractivity contribution in [3.05, 3.63) is 11.8 Å². The van der Waals surface area contributed by atoms with Gasteiger partial charge in [0.1, 0.15) is 11.9 Å². The van der Waals surface area contributed by atoms with Crippen molar-refractivity contribution in [1.82, 2.24) is 0 Å². The van der Waals surface area contributed by atoms with E-state index >= 15 is 0 Å². The summed E-state index contributed by atoms with van der Waals surface area (Å²) in [5.41, 5.74) is 0.170. The fraction of sp³-hybridized carbons (Fsp3) is 0.818. The van der Waals surface area contributed by atoms with Gasteiger partial charge in [0.15, 0.2) is 0 Å². The Hall–Kier alpha value is -0.500. The second-order valence-corrected chi connectivity index (χ2v) is 4.22. The lowest BCUT2D eigenvalue weighted by atomic mass is 9.93. The molecule has 0 saturated heterocycles. The van der Waals surface area contributed by atoms with Gasteiger partial charge < -0.3 is 9.84 Å². The molecule has 74 valence electrons.